The van der Waals surface area contributed by atoms with Crippen LogP contribution in [-0.2, 0) is 16.3 Å². The molecule has 1 N–H and O–H groups in total. The molecule has 0 heterocycles. The summed E-state index contributed by atoms with van der Waals surface area (Å²) in [6.45, 7) is 2.10. The van der Waals surface area contributed by atoms with Crippen LogP contribution in [0.5, 0.6) is 0 Å². The topological polar surface area (TPSA) is 46.2 Å². The van der Waals surface area contributed by atoms with E-state index in [0.29, 0.717) is 0 Å². The van der Waals surface area contributed by atoms with E-state index in [4.69, 9.17) is 11.6 Å². The molecule has 0 aliphatic heterocycles. The first kappa shape index (κ1) is 15.8. The monoisotopic (exact) mass is 315 g/mol. The van der Waals surface area contributed by atoms with Gasteiger partial charge >= 0.3 is 0 Å². The number of benzene rings is 1. The average Bonchev–Trinajstić information content (AvgIpc) is 2.76. The van der Waals surface area contributed by atoms with E-state index in [1.54, 1.807) is 0 Å². The van der Waals surface area contributed by atoms with Crippen molar-refractivity contribution in [1.82, 2.24) is 5.32 Å². The number of hydrogen-bond donors (Lipinski definition) is 1. The van der Waals surface area contributed by atoms with Crippen LogP contribution in [0.4, 0.5) is 0 Å². The first-order valence-electron chi connectivity index (χ1n) is 7.05. The number of rotatable bonds is 5. The lowest BCUT2D eigenvalue weighted by Crippen LogP contribution is -2.44. The van der Waals surface area contributed by atoms with Crippen LogP contribution >= 0.6 is 11.6 Å². The Labute approximate surface area is 126 Å². The van der Waals surface area contributed by atoms with Crippen molar-refractivity contribution in [2.24, 2.45) is 0 Å². The van der Waals surface area contributed by atoms with Gasteiger partial charge in [0.2, 0.25) is 0 Å². The zero-order valence-corrected chi connectivity index (χ0v) is 13.5. The number of halogens is 1. The lowest BCUT2D eigenvalue weighted by Gasteiger charge is -2.24. The maximum absolute atomic E-state index is 11.8. The van der Waals surface area contributed by atoms with Crippen molar-refractivity contribution >= 4 is 21.4 Å². The van der Waals surface area contributed by atoms with Gasteiger partial charge in [0.1, 0.15) is 0 Å². The van der Waals surface area contributed by atoms with Gasteiger partial charge in [-0.25, -0.2) is 8.42 Å². The zero-order chi connectivity index (χ0) is 14.8. The molecule has 0 spiro atoms. The molecular weight excluding hydrogens is 294 g/mol. The molecule has 0 saturated heterocycles. The molecule has 0 bridgehead atoms. The van der Waals surface area contributed by atoms with E-state index in [2.05, 4.69) is 12.2 Å². The maximum Gasteiger partial charge on any atom is 0.151 e. The molecule has 3 nitrogen and oxygen atoms in total. The Morgan fingerprint density at radius 3 is 2.80 bits per heavy atom. The molecule has 3 atom stereocenters. The highest BCUT2D eigenvalue weighted by Gasteiger charge is 2.35. The third kappa shape index (κ3) is 4.21. The third-order valence-corrected chi connectivity index (χ3v) is 5.83. The molecule has 1 aliphatic carbocycles. The molecule has 20 heavy (non-hydrogen) atoms. The SMILES string of the molecule is CC(Cc1cccc(Cl)c1)NC1CCCC1S(C)(=O)=O. The Kier molecular flexibility index (Phi) is 5.10. The smallest absolute Gasteiger partial charge is 0.151 e. The van der Waals surface area contributed by atoms with Gasteiger partial charge in [-0.1, -0.05) is 30.2 Å². The zero-order valence-electron chi connectivity index (χ0n) is 12.0. The molecule has 1 aromatic rings. The highest BCUT2D eigenvalue weighted by molar-refractivity contribution is 7.91. The Balaban J connectivity index is 1.96. The second kappa shape index (κ2) is 6.46. The Hall–Kier alpha value is -0.580. The van der Waals surface area contributed by atoms with Gasteiger partial charge in [0.25, 0.3) is 0 Å². The van der Waals surface area contributed by atoms with E-state index in [9.17, 15) is 8.42 Å². The van der Waals surface area contributed by atoms with Crippen molar-refractivity contribution in [2.75, 3.05) is 6.26 Å². The molecular formula is C15H22ClNO2S. The van der Waals surface area contributed by atoms with Crippen molar-refractivity contribution in [3.05, 3.63) is 34.9 Å². The third-order valence-electron chi connectivity index (χ3n) is 3.93. The van der Waals surface area contributed by atoms with Gasteiger partial charge in [0.05, 0.1) is 5.25 Å². The standard InChI is InChI=1S/C15H22ClNO2S/c1-11(9-12-5-3-6-13(16)10-12)17-14-7-4-8-15(14)20(2,18)19/h3,5-6,10-11,14-15,17H,4,7-9H2,1-2H3. The van der Waals surface area contributed by atoms with Gasteiger partial charge in [-0.05, 0) is 43.9 Å². The van der Waals surface area contributed by atoms with Crippen LogP contribution in [-0.4, -0.2) is 32.0 Å². The summed E-state index contributed by atoms with van der Waals surface area (Å²) in [4.78, 5) is 0. The lowest BCUT2D eigenvalue weighted by atomic mass is 10.1. The molecule has 0 amide bonds. The fourth-order valence-electron chi connectivity index (χ4n) is 3.07. The van der Waals surface area contributed by atoms with Crippen LogP contribution < -0.4 is 5.32 Å². The average molecular weight is 316 g/mol. The van der Waals surface area contributed by atoms with Crippen molar-refractivity contribution in [3.63, 3.8) is 0 Å². The molecule has 1 aliphatic rings. The summed E-state index contributed by atoms with van der Waals surface area (Å²) in [7, 11) is -2.96. The largest absolute Gasteiger partial charge is 0.310 e. The highest BCUT2D eigenvalue weighted by atomic mass is 35.5. The van der Waals surface area contributed by atoms with Gasteiger partial charge in [0, 0.05) is 23.4 Å². The predicted octanol–water partition coefficient (Wildman–Crippen LogP) is 2.83. The number of nitrogens with one attached hydrogen (secondary N) is 1. The van der Waals surface area contributed by atoms with Crippen molar-refractivity contribution < 1.29 is 8.42 Å². The fraction of sp³-hybridized carbons (Fsp3) is 0.600. The van der Waals surface area contributed by atoms with Gasteiger partial charge in [0.15, 0.2) is 9.84 Å². The predicted molar refractivity (Wildman–Crippen MR) is 84.0 cm³/mol. The van der Waals surface area contributed by atoms with Crippen LogP contribution in [0.1, 0.15) is 31.7 Å². The summed E-state index contributed by atoms with van der Waals surface area (Å²) in [5, 5.41) is 3.99. The van der Waals surface area contributed by atoms with Gasteiger partial charge in [-0.3, -0.25) is 0 Å². The molecule has 0 radical (unpaired) electrons. The minimum absolute atomic E-state index is 0.0826. The van der Waals surface area contributed by atoms with E-state index in [1.165, 1.54) is 11.8 Å². The molecule has 3 unspecified atom stereocenters. The molecule has 1 aromatic carbocycles. The second-order valence-corrected chi connectivity index (χ2v) is 8.51. The lowest BCUT2D eigenvalue weighted by molar-refractivity contribution is 0.444. The van der Waals surface area contributed by atoms with E-state index in [1.807, 2.05) is 24.3 Å². The number of hydrogen-bond acceptors (Lipinski definition) is 3. The van der Waals surface area contributed by atoms with Crippen molar-refractivity contribution in [2.45, 2.75) is 49.9 Å². The van der Waals surface area contributed by atoms with E-state index in [-0.39, 0.29) is 17.3 Å². The van der Waals surface area contributed by atoms with Gasteiger partial charge < -0.3 is 5.32 Å². The molecule has 2 rings (SSSR count). The highest BCUT2D eigenvalue weighted by Crippen LogP contribution is 2.25. The molecule has 112 valence electrons. The molecule has 1 fully saturated rings. The van der Waals surface area contributed by atoms with Crippen molar-refractivity contribution in [1.29, 1.82) is 0 Å². The summed E-state index contributed by atoms with van der Waals surface area (Å²) in [5.74, 6) is 0. The summed E-state index contributed by atoms with van der Waals surface area (Å²) in [6, 6.07) is 8.13. The van der Waals surface area contributed by atoms with Crippen molar-refractivity contribution in [3.8, 4) is 0 Å². The fourth-order valence-corrected chi connectivity index (χ4v) is 4.69. The van der Waals surface area contributed by atoms with E-state index in [0.717, 1.165) is 30.7 Å². The Morgan fingerprint density at radius 1 is 1.40 bits per heavy atom. The van der Waals surface area contributed by atoms with Crippen LogP contribution in [0, 0.1) is 0 Å². The van der Waals surface area contributed by atoms with E-state index < -0.39 is 9.84 Å². The molecule has 5 heteroatoms. The van der Waals surface area contributed by atoms with Crippen LogP contribution in [0.25, 0.3) is 0 Å². The first-order valence-corrected chi connectivity index (χ1v) is 9.39. The molecule has 1 saturated carbocycles. The number of sulfone groups is 1. The maximum atomic E-state index is 11.8. The minimum atomic E-state index is -2.96. The Morgan fingerprint density at radius 2 is 2.15 bits per heavy atom. The first-order chi connectivity index (χ1) is 9.36. The quantitative estimate of drug-likeness (QED) is 0.909. The minimum Gasteiger partial charge on any atom is -0.310 e. The molecule has 0 aromatic heterocycles. The van der Waals surface area contributed by atoms with Gasteiger partial charge in [-0.2, -0.15) is 0 Å². The normalized spacial score (nSPS) is 24.8. The van der Waals surface area contributed by atoms with Crippen LogP contribution in [0.3, 0.4) is 0 Å². The summed E-state index contributed by atoms with van der Waals surface area (Å²) in [5.41, 5.74) is 1.17. The summed E-state index contributed by atoms with van der Waals surface area (Å²) < 4.78 is 23.5. The van der Waals surface area contributed by atoms with Crippen LogP contribution in [0.15, 0.2) is 24.3 Å². The second-order valence-electron chi connectivity index (χ2n) is 5.81. The summed E-state index contributed by atoms with van der Waals surface area (Å²) >= 11 is 5.98. The summed E-state index contributed by atoms with van der Waals surface area (Å²) in [6.07, 6.45) is 4.91. The van der Waals surface area contributed by atoms with Crippen LogP contribution in [0.2, 0.25) is 5.02 Å². The van der Waals surface area contributed by atoms with E-state index >= 15 is 0 Å². The van der Waals surface area contributed by atoms with Gasteiger partial charge in [-0.15, -0.1) is 0 Å². The Bertz CT molecular complexity index is 559.